The Morgan fingerprint density at radius 3 is 2.48 bits per heavy atom. The number of nitrogens with one attached hydrogen (secondary N) is 1. The minimum Gasteiger partial charge on any atom is -0.493 e. The molecule has 21 heavy (non-hydrogen) atoms. The van der Waals surface area contributed by atoms with E-state index in [9.17, 15) is 4.79 Å². The number of hydrogen-bond donors (Lipinski definition) is 2. The summed E-state index contributed by atoms with van der Waals surface area (Å²) in [6, 6.07) is 12.5. The number of ether oxygens (including phenoxy) is 2. The highest BCUT2D eigenvalue weighted by atomic mass is 16.5. The Kier molecular flexibility index (Phi) is 4.66. The van der Waals surface area contributed by atoms with Crippen molar-refractivity contribution < 1.29 is 14.3 Å². The third-order valence-corrected chi connectivity index (χ3v) is 3.05. The molecule has 0 saturated carbocycles. The van der Waals surface area contributed by atoms with Crippen LogP contribution in [-0.2, 0) is 11.2 Å². The topological polar surface area (TPSA) is 73.6 Å². The summed E-state index contributed by atoms with van der Waals surface area (Å²) in [6.45, 7) is 0. The van der Waals surface area contributed by atoms with Crippen molar-refractivity contribution in [2.45, 2.75) is 6.42 Å². The summed E-state index contributed by atoms with van der Waals surface area (Å²) in [4.78, 5) is 12.0. The number of nitrogens with two attached hydrogens (primary N) is 1. The number of amides is 1. The highest BCUT2D eigenvalue weighted by Gasteiger charge is 2.09. The number of anilines is 2. The maximum Gasteiger partial charge on any atom is 0.228 e. The van der Waals surface area contributed by atoms with Crippen molar-refractivity contribution in [3.63, 3.8) is 0 Å². The van der Waals surface area contributed by atoms with E-state index in [0.717, 1.165) is 5.56 Å². The first-order valence-corrected chi connectivity index (χ1v) is 6.49. The van der Waals surface area contributed by atoms with Gasteiger partial charge in [-0.05, 0) is 29.8 Å². The van der Waals surface area contributed by atoms with Crippen molar-refractivity contribution in [3.8, 4) is 11.5 Å². The second-order valence-electron chi connectivity index (χ2n) is 4.50. The average molecular weight is 286 g/mol. The van der Waals surface area contributed by atoms with Crippen molar-refractivity contribution in [1.29, 1.82) is 0 Å². The van der Waals surface area contributed by atoms with E-state index in [1.54, 1.807) is 38.5 Å². The lowest BCUT2D eigenvalue weighted by atomic mass is 10.1. The van der Waals surface area contributed by atoms with Gasteiger partial charge in [0.1, 0.15) is 0 Å². The van der Waals surface area contributed by atoms with Crippen LogP contribution >= 0.6 is 0 Å². The first-order valence-electron chi connectivity index (χ1n) is 6.49. The molecule has 5 heteroatoms. The summed E-state index contributed by atoms with van der Waals surface area (Å²) >= 11 is 0. The fourth-order valence-corrected chi connectivity index (χ4v) is 1.98. The summed E-state index contributed by atoms with van der Waals surface area (Å²) in [5.74, 6) is 1.09. The van der Waals surface area contributed by atoms with Gasteiger partial charge in [0, 0.05) is 0 Å². The van der Waals surface area contributed by atoms with Gasteiger partial charge in [-0.2, -0.15) is 0 Å². The average Bonchev–Trinajstić information content (AvgIpc) is 2.49. The first-order chi connectivity index (χ1) is 10.1. The van der Waals surface area contributed by atoms with E-state index in [1.165, 1.54) is 0 Å². The van der Waals surface area contributed by atoms with Crippen LogP contribution in [0, 0.1) is 0 Å². The van der Waals surface area contributed by atoms with Crippen LogP contribution in [0.15, 0.2) is 42.5 Å². The Balaban J connectivity index is 2.08. The number of para-hydroxylation sites is 2. The van der Waals surface area contributed by atoms with E-state index in [2.05, 4.69) is 5.32 Å². The molecule has 3 N–H and O–H groups in total. The van der Waals surface area contributed by atoms with Crippen LogP contribution in [-0.4, -0.2) is 20.1 Å². The smallest absolute Gasteiger partial charge is 0.228 e. The lowest BCUT2D eigenvalue weighted by Gasteiger charge is -2.10. The summed E-state index contributed by atoms with van der Waals surface area (Å²) in [5.41, 5.74) is 7.78. The molecule has 0 fully saturated rings. The van der Waals surface area contributed by atoms with E-state index < -0.39 is 0 Å². The molecule has 0 radical (unpaired) electrons. The Bertz CT molecular complexity index is 641. The molecule has 0 aliphatic heterocycles. The number of benzene rings is 2. The molecular formula is C16H18N2O3. The number of hydrogen-bond acceptors (Lipinski definition) is 4. The van der Waals surface area contributed by atoms with Crippen LogP contribution in [0.4, 0.5) is 11.4 Å². The lowest BCUT2D eigenvalue weighted by molar-refractivity contribution is -0.115. The van der Waals surface area contributed by atoms with Gasteiger partial charge < -0.3 is 20.5 Å². The molecule has 0 aromatic heterocycles. The molecule has 2 aromatic carbocycles. The van der Waals surface area contributed by atoms with Gasteiger partial charge in [-0.15, -0.1) is 0 Å². The zero-order valence-electron chi connectivity index (χ0n) is 12.1. The largest absolute Gasteiger partial charge is 0.493 e. The zero-order valence-corrected chi connectivity index (χ0v) is 12.1. The maximum atomic E-state index is 12.0. The van der Waals surface area contributed by atoms with Gasteiger partial charge in [0.25, 0.3) is 0 Å². The minimum absolute atomic E-state index is 0.139. The predicted molar refractivity (Wildman–Crippen MR) is 82.7 cm³/mol. The fraction of sp³-hybridized carbons (Fsp3) is 0.188. The van der Waals surface area contributed by atoms with E-state index in [-0.39, 0.29) is 12.3 Å². The van der Waals surface area contributed by atoms with Gasteiger partial charge in [-0.3, -0.25) is 4.79 Å². The van der Waals surface area contributed by atoms with E-state index >= 15 is 0 Å². The Morgan fingerprint density at radius 2 is 1.81 bits per heavy atom. The SMILES string of the molecule is COc1ccc(CC(=O)Nc2ccccc2N)cc1OC. The van der Waals surface area contributed by atoms with Gasteiger partial charge in [0.05, 0.1) is 32.0 Å². The molecule has 110 valence electrons. The summed E-state index contributed by atoms with van der Waals surface area (Å²) in [5, 5.41) is 2.79. The molecule has 0 aliphatic rings. The standard InChI is InChI=1S/C16H18N2O3/c1-20-14-8-7-11(9-15(14)21-2)10-16(19)18-13-6-4-3-5-12(13)17/h3-9H,10,17H2,1-2H3,(H,18,19). The molecule has 0 heterocycles. The van der Waals surface area contributed by atoms with Crippen LogP contribution in [0.1, 0.15) is 5.56 Å². The molecule has 0 saturated heterocycles. The molecule has 2 rings (SSSR count). The monoisotopic (exact) mass is 286 g/mol. The molecule has 0 unspecified atom stereocenters. The molecule has 2 aromatic rings. The van der Waals surface area contributed by atoms with E-state index in [0.29, 0.717) is 22.9 Å². The first kappa shape index (κ1) is 14.7. The molecule has 0 spiro atoms. The lowest BCUT2D eigenvalue weighted by Crippen LogP contribution is -2.15. The van der Waals surface area contributed by atoms with Crippen LogP contribution in [0.5, 0.6) is 11.5 Å². The minimum atomic E-state index is -0.139. The number of rotatable bonds is 5. The quantitative estimate of drug-likeness (QED) is 0.828. The third-order valence-electron chi connectivity index (χ3n) is 3.05. The molecule has 0 atom stereocenters. The fourth-order valence-electron chi connectivity index (χ4n) is 1.98. The molecular weight excluding hydrogens is 268 g/mol. The summed E-state index contributed by atoms with van der Waals surface area (Å²) in [7, 11) is 3.13. The van der Waals surface area contributed by atoms with Crippen molar-refractivity contribution in [1.82, 2.24) is 0 Å². The second kappa shape index (κ2) is 6.65. The maximum absolute atomic E-state index is 12.0. The van der Waals surface area contributed by atoms with Gasteiger partial charge in [-0.1, -0.05) is 18.2 Å². The normalized spacial score (nSPS) is 10.0. The number of nitrogen functional groups attached to an aromatic ring is 1. The van der Waals surface area contributed by atoms with Gasteiger partial charge in [0.2, 0.25) is 5.91 Å². The second-order valence-corrected chi connectivity index (χ2v) is 4.50. The van der Waals surface area contributed by atoms with Crippen LogP contribution in [0.25, 0.3) is 0 Å². The zero-order chi connectivity index (χ0) is 15.2. The van der Waals surface area contributed by atoms with Gasteiger partial charge in [0.15, 0.2) is 11.5 Å². The van der Waals surface area contributed by atoms with Crippen molar-refractivity contribution in [2.24, 2.45) is 0 Å². The third kappa shape index (κ3) is 3.66. The highest BCUT2D eigenvalue weighted by Crippen LogP contribution is 2.27. The van der Waals surface area contributed by atoms with Gasteiger partial charge in [-0.25, -0.2) is 0 Å². The van der Waals surface area contributed by atoms with Crippen LogP contribution in [0.2, 0.25) is 0 Å². The number of carbonyl (C=O) groups is 1. The number of carbonyl (C=O) groups excluding carboxylic acids is 1. The van der Waals surface area contributed by atoms with Crippen LogP contribution in [0.3, 0.4) is 0 Å². The van der Waals surface area contributed by atoms with Gasteiger partial charge >= 0.3 is 0 Å². The Morgan fingerprint density at radius 1 is 1.10 bits per heavy atom. The molecule has 0 aliphatic carbocycles. The van der Waals surface area contributed by atoms with Crippen molar-refractivity contribution in [3.05, 3.63) is 48.0 Å². The van der Waals surface area contributed by atoms with Crippen molar-refractivity contribution >= 4 is 17.3 Å². The highest BCUT2D eigenvalue weighted by molar-refractivity contribution is 5.95. The Labute approximate surface area is 123 Å². The number of methoxy groups -OCH3 is 2. The predicted octanol–water partition coefficient (Wildman–Crippen LogP) is 2.47. The molecule has 1 amide bonds. The summed E-state index contributed by atoms with van der Waals surface area (Å²) in [6.07, 6.45) is 0.231. The van der Waals surface area contributed by atoms with Crippen molar-refractivity contribution in [2.75, 3.05) is 25.3 Å². The van der Waals surface area contributed by atoms with Crippen LogP contribution < -0.4 is 20.5 Å². The molecule has 5 nitrogen and oxygen atoms in total. The Hall–Kier alpha value is -2.69. The molecule has 0 bridgehead atoms. The summed E-state index contributed by atoms with van der Waals surface area (Å²) < 4.78 is 10.4. The van der Waals surface area contributed by atoms with E-state index in [4.69, 9.17) is 15.2 Å². The van der Waals surface area contributed by atoms with E-state index in [1.807, 2.05) is 18.2 Å².